The molecule has 0 fully saturated rings. The summed E-state index contributed by atoms with van der Waals surface area (Å²) in [6.07, 6.45) is 0. The monoisotopic (exact) mass is 289 g/mol. The van der Waals surface area contributed by atoms with E-state index in [-0.39, 0.29) is 0 Å². The minimum atomic E-state index is 0.750. The first-order chi connectivity index (χ1) is 10.8. The first-order valence-corrected chi connectivity index (χ1v) is 7.68. The Kier molecular flexibility index (Phi) is 5.93. The molecular formula is C21H23N. The Balaban J connectivity index is 0.000000545. The molecule has 3 aromatic rings. The highest BCUT2D eigenvalue weighted by molar-refractivity contribution is 5.85. The van der Waals surface area contributed by atoms with Gasteiger partial charge in [-0.15, -0.1) is 0 Å². The molecule has 0 radical (unpaired) electrons. The van der Waals surface area contributed by atoms with Gasteiger partial charge in [-0.05, 0) is 41.3 Å². The number of aryl methyl sites for hydroxylation is 1. The molecule has 0 amide bonds. The Morgan fingerprint density at radius 1 is 0.682 bits per heavy atom. The summed E-state index contributed by atoms with van der Waals surface area (Å²) >= 11 is 0. The smallest absolute Gasteiger partial charge is 0.00761 e. The van der Waals surface area contributed by atoms with Gasteiger partial charge in [0, 0.05) is 0 Å². The predicted molar refractivity (Wildman–Crippen MR) is 96.8 cm³/mol. The predicted octanol–water partition coefficient (Wildman–Crippen LogP) is 5.29. The summed E-state index contributed by atoms with van der Waals surface area (Å²) in [7, 11) is 0. The van der Waals surface area contributed by atoms with Crippen molar-refractivity contribution in [2.75, 3.05) is 6.54 Å². The quantitative estimate of drug-likeness (QED) is 0.681. The number of rotatable bonds is 2. The van der Waals surface area contributed by atoms with Crippen LogP contribution in [0.15, 0.2) is 78.9 Å². The number of hydrogen-bond donors (Lipinski definition) is 1. The van der Waals surface area contributed by atoms with Gasteiger partial charge in [-0.1, -0.05) is 85.8 Å². The molecule has 3 rings (SSSR count). The van der Waals surface area contributed by atoms with Gasteiger partial charge in [-0.3, -0.25) is 0 Å². The van der Waals surface area contributed by atoms with Crippen LogP contribution in [0.2, 0.25) is 0 Å². The maximum absolute atomic E-state index is 4.85. The van der Waals surface area contributed by atoms with Gasteiger partial charge < -0.3 is 5.73 Å². The fourth-order valence-corrected chi connectivity index (χ4v) is 2.51. The van der Waals surface area contributed by atoms with E-state index in [4.69, 9.17) is 5.73 Å². The van der Waals surface area contributed by atoms with Crippen molar-refractivity contribution in [3.8, 4) is 22.3 Å². The van der Waals surface area contributed by atoms with Gasteiger partial charge in [0.25, 0.3) is 0 Å². The standard InChI is InChI=1S/C19H16.C2H7N/c1-15-9-8-14-18(16-10-4-2-5-11-16)19(15)17-12-6-3-7-13-17;1-2-3/h2-14H,1H3;2-3H2,1H3. The Morgan fingerprint density at radius 3 is 1.73 bits per heavy atom. The summed E-state index contributed by atoms with van der Waals surface area (Å²) < 4.78 is 0. The Hall–Kier alpha value is -2.38. The third-order valence-corrected chi connectivity index (χ3v) is 3.42. The number of benzene rings is 3. The molecule has 0 bridgehead atoms. The normalized spacial score (nSPS) is 9.77. The van der Waals surface area contributed by atoms with Crippen molar-refractivity contribution in [3.05, 3.63) is 84.4 Å². The minimum Gasteiger partial charge on any atom is -0.331 e. The third-order valence-electron chi connectivity index (χ3n) is 3.42. The molecule has 0 heterocycles. The van der Waals surface area contributed by atoms with E-state index in [1.807, 2.05) is 6.92 Å². The van der Waals surface area contributed by atoms with E-state index in [1.165, 1.54) is 27.8 Å². The molecule has 0 aromatic heterocycles. The second-order valence-corrected chi connectivity index (χ2v) is 5.14. The summed E-state index contributed by atoms with van der Waals surface area (Å²) in [6, 6.07) is 27.7. The summed E-state index contributed by atoms with van der Waals surface area (Å²) in [5.74, 6) is 0. The molecule has 0 atom stereocenters. The molecule has 1 nitrogen and oxygen atoms in total. The van der Waals surface area contributed by atoms with Gasteiger partial charge in [-0.2, -0.15) is 0 Å². The molecule has 0 aliphatic carbocycles. The molecule has 0 saturated heterocycles. The molecule has 0 spiro atoms. The van der Waals surface area contributed by atoms with Crippen molar-refractivity contribution in [1.29, 1.82) is 0 Å². The van der Waals surface area contributed by atoms with Crippen molar-refractivity contribution in [2.24, 2.45) is 5.73 Å². The maximum atomic E-state index is 4.85. The molecule has 3 aromatic carbocycles. The van der Waals surface area contributed by atoms with Gasteiger partial charge in [0.1, 0.15) is 0 Å². The van der Waals surface area contributed by atoms with Crippen molar-refractivity contribution < 1.29 is 0 Å². The van der Waals surface area contributed by atoms with Crippen molar-refractivity contribution >= 4 is 0 Å². The maximum Gasteiger partial charge on any atom is -0.00761 e. The van der Waals surface area contributed by atoms with Gasteiger partial charge in [-0.25, -0.2) is 0 Å². The van der Waals surface area contributed by atoms with E-state index in [9.17, 15) is 0 Å². The van der Waals surface area contributed by atoms with Crippen LogP contribution in [0.3, 0.4) is 0 Å². The summed E-state index contributed by atoms with van der Waals surface area (Å²) in [5.41, 5.74) is 11.3. The van der Waals surface area contributed by atoms with Crippen molar-refractivity contribution in [2.45, 2.75) is 13.8 Å². The molecule has 22 heavy (non-hydrogen) atoms. The summed E-state index contributed by atoms with van der Waals surface area (Å²) in [5, 5.41) is 0. The summed E-state index contributed by atoms with van der Waals surface area (Å²) in [6.45, 7) is 4.83. The SMILES string of the molecule is CCN.Cc1cccc(-c2ccccc2)c1-c1ccccc1. The number of hydrogen-bond acceptors (Lipinski definition) is 1. The molecule has 0 saturated carbocycles. The van der Waals surface area contributed by atoms with Gasteiger partial charge in [0.2, 0.25) is 0 Å². The zero-order chi connectivity index (χ0) is 15.8. The van der Waals surface area contributed by atoms with Crippen LogP contribution in [0.5, 0.6) is 0 Å². The van der Waals surface area contributed by atoms with Gasteiger partial charge >= 0.3 is 0 Å². The Labute approximate surface area is 133 Å². The number of nitrogens with two attached hydrogens (primary N) is 1. The van der Waals surface area contributed by atoms with Crippen molar-refractivity contribution in [1.82, 2.24) is 0 Å². The Bertz CT molecular complexity index is 688. The molecule has 2 N–H and O–H groups in total. The van der Waals surface area contributed by atoms with Gasteiger partial charge in [0.05, 0.1) is 0 Å². The average molecular weight is 289 g/mol. The van der Waals surface area contributed by atoms with Crippen LogP contribution in [0, 0.1) is 6.92 Å². The lowest BCUT2D eigenvalue weighted by Crippen LogP contribution is -1.88. The van der Waals surface area contributed by atoms with E-state index in [0.29, 0.717) is 0 Å². The second kappa shape index (κ2) is 8.16. The molecular weight excluding hydrogens is 266 g/mol. The third kappa shape index (κ3) is 3.84. The largest absolute Gasteiger partial charge is 0.331 e. The highest BCUT2D eigenvalue weighted by atomic mass is 14.5. The van der Waals surface area contributed by atoms with E-state index >= 15 is 0 Å². The lowest BCUT2D eigenvalue weighted by Gasteiger charge is -2.13. The lowest BCUT2D eigenvalue weighted by atomic mass is 9.91. The van der Waals surface area contributed by atoms with E-state index in [1.54, 1.807) is 0 Å². The first kappa shape index (κ1) is 16.0. The zero-order valence-electron chi connectivity index (χ0n) is 13.3. The van der Waals surface area contributed by atoms with Crippen molar-refractivity contribution in [3.63, 3.8) is 0 Å². The first-order valence-electron chi connectivity index (χ1n) is 7.68. The molecule has 112 valence electrons. The highest BCUT2D eigenvalue weighted by Gasteiger charge is 2.09. The van der Waals surface area contributed by atoms with E-state index in [0.717, 1.165) is 6.54 Å². The summed E-state index contributed by atoms with van der Waals surface area (Å²) in [4.78, 5) is 0. The van der Waals surface area contributed by atoms with Crippen LogP contribution in [0.25, 0.3) is 22.3 Å². The topological polar surface area (TPSA) is 26.0 Å². The van der Waals surface area contributed by atoms with Crippen LogP contribution >= 0.6 is 0 Å². The van der Waals surface area contributed by atoms with Gasteiger partial charge in [0.15, 0.2) is 0 Å². The molecule has 0 unspecified atom stereocenters. The minimum absolute atomic E-state index is 0.750. The van der Waals surface area contributed by atoms with Crippen LogP contribution in [0.1, 0.15) is 12.5 Å². The van der Waals surface area contributed by atoms with E-state index in [2.05, 4.69) is 85.8 Å². The molecule has 1 heteroatoms. The average Bonchev–Trinajstić information content (AvgIpc) is 2.57. The fraction of sp³-hybridized carbons (Fsp3) is 0.143. The van der Waals surface area contributed by atoms with Crippen LogP contribution in [-0.2, 0) is 0 Å². The lowest BCUT2D eigenvalue weighted by molar-refractivity contribution is 1.14. The van der Waals surface area contributed by atoms with Crippen LogP contribution in [0.4, 0.5) is 0 Å². The zero-order valence-corrected chi connectivity index (χ0v) is 13.3. The second-order valence-electron chi connectivity index (χ2n) is 5.14. The van der Waals surface area contributed by atoms with E-state index < -0.39 is 0 Å². The highest BCUT2D eigenvalue weighted by Crippen LogP contribution is 2.34. The molecule has 0 aliphatic rings. The van der Waals surface area contributed by atoms with Crippen LogP contribution < -0.4 is 5.73 Å². The fourth-order valence-electron chi connectivity index (χ4n) is 2.51. The molecule has 0 aliphatic heterocycles. The van der Waals surface area contributed by atoms with Crippen LogP contribution in [-0.4, -0.2) is 6.54 Å². The Morgan fingerprint density at radius 2 is 1.18 bits per heavy atom.